The number of carbonyl (C=O) groups excluding carboxylic acids is 3. The topological polar surface area (TPSA) is 87.7 Å². The normalized spacial score (nSPS) is 35.0. The average Bonchev–Trinajstić information content (AvgIpc) is 3.51. The number of likely N-dealkylation sites (tertiary alicyclic amines) is 1. The predicted octanol–water partition coefficient (Wildman–Crippen LogP) is 1.59. The molecule has 0 aromatic carbocycles. The van der Waals surface area contributed by atoms with Gasteiger partial charge in [0.25, 0.3) is 0 Å². The van der Waals surface area contributed by atoms with Crippen molar-refractivity contribution in [1.82, 2.24) is 15.5 Å². The summed E-state index contributed by atoms with van der Waals surface area (Å²) in [6.07, 6.45) is 8.59. The second-order valence-electron chi connectivity index (χ2n) is 8.70. The molecular formula is C22H27N3O4S. The van der Waals surface area contributed by atoms with Crippen LogP contribution in [-0.2, 0) is 25.7 Å². The molecule has 8 heteroatoms. The molecule has 3 fully saturated rings. The molecule has 1 saturated carbocycles. The summed E-state index contributed by atoms with van der Waals surface area (Å²) in [6.45, 7) is 0.347. The van der Waals surface area contributed by atoms with Gasteiger partial charge in [-0.1, -0.05) is 37.5 Å². The molecule has 30 heavy (non-hydrogen) atoms. The number of carbonyl (C=O) groups is 3. The van der Waals surface area contributed by atoms with Crippen LogP contribution in [0, 0.1) is 11.8 Å². The number of nitrogens with zero attached hydrogens (tertiary/aromatic N) is 1. The van der Waals surface area contributed by atoms with Crippen molar-refractivity contribution in [3.63, 3.8) is 0 Å². The second kappa shape index (κ2) is 7.50. The first-order chi connectivity index (χ1) is 14.5. The van der Waals surface area contributed by atoms with Gasteiger partial charge in [-0.05, 0) is 24.3 Å². The SMILES string of the molecule is CNC(=O)[C@H]1[C@H]2C(=O)N(Cc3cccs3)[C@H](C(=O)NC3CCCCC3)[C@@]23C=C[C@H]1O3. The summed E-state index contributed by atoms with van der Waals surface area (Å²) in [5.74, 6) is -1.83. The quantitative estimate of drug-likeness (QED) is 0.696. The van der Waals surface area contributed by atoms with Gasteiger partial charge in [0.1, 0.15) is 11.6 Å². The van der Waals surface area contributed by atoms with Gasteiger partial charge in [-0.3, -0.25) is 14.4 Å². The summed E-state index contributed by atoms with van der Waals surface area (Å²) < 4.78 is 6.27. The fraction of sp³-hybridized carbons (Fsp3) is 0.591. The van der Waals surface area contributed by atoms with Crippen LogP contribution in [-0.4, -0.2) is 53.5 Å². The maximum atomic E-state index is 13.6. The van der Waals surface area contributed by atoms with Crippen LogP contribution in [0.25, 0.3) is 0 Å². The van der Waals surface area contributed by atoms with E-state index in [2.05, 4.69) is 10.6 Å². The largest absolute Gasteiger partial charge is 0.359 e. The molecule has 0 unspecified atom stereocenters. The first-order valence-electron chi connectivity index (χ1n) is 10.8. The van der Waals surface area contributed by atoms with Crippen LogP contribution in [0.2, 0.25) is 0 Å². The maximum absolute atomic E-state index is 13.6. The van der Waals surface area contributed by atoms with Crippen LogP contribution >= 0.6 is 11.3 Å². The molecular weight excluding hydrogens is 402 g/mol. The van der Waals surface area contributed by atoms with Crippen LogP contribution in [0.15, 0.2) is 29.7 Å². The van der Waals surface area contributed by atoms with E-state index in [9.17, 15) is 14.4 Å². The fourth-order valence-corrected chi connectivity index (χ4v) is 6.40. The number of fused-ring (bicyclic) bond motifs is 1. The molecule has 1 spiro atoms. The number of ether oxygens (including phenoxy) is 1. The van der Waals surface area contributed by atoms with Crippen molar-refractivity contribution in [2.45, 2.75) is 62.4 Å². The molecule has 0 radical (unpaired) electrons. The Morgan fingerprint density at radius 2 is 2.07 bits per heavy atom. The minimum absolute atomic E-state index is 0.137. The lowest BCUT2D eigenvalue weighted by Crippen LogP contribution is -2.56. The average molecular weight is 430 g/mol. The zero-order valence-corrected chi connectivity index (χ0v) is 17.8. The lowest BCUT2D eigenvalue weighted by atomic mass is 9.74. The van der Waals surface area contributed by atoms with E-state index in [4.69, 9.17) is 4.74 Å². The Balaban J connectivity index is 1.49. The molecule has 1 aliphatic carbocycles. The van der Waals surface area contributed by atoms with Crippen LogP contribution in [0.5, 0.6) is 0 Å². The highest BCUT2D eigenvalue weighted by Gasteiger charge is 2.72. The molecule has 160 valence electrons. The number of hydrogen-bond acceptors (Lipinski definition) is 5. The predicted molar refractivity (Wildman–Crippen MR) is 111 cm³/mol. The van der Waals surface area contributed by atoms with Crippen molar-refractivity contribution in [2.75, 3.05) is 7.05 Å². The molecule has 3 aliphatic heterocycles. The maximum Gasteiger partial charge on any atom is 0.246 e. The van der Waals surface area contributed by atoms with Crippen LogP contribution in [0.1, 0.15) is 37.0 Å². The molecule has 3 amide bonds. The third kappa shape index (κ3) is 2.92. The Kier molecular flexibility index (Phi) is 4.94. The third-order valence-corrected chi connectivity index (χ3v) is 7.89. The van der Waals surface area contributed by atoms with Crippen molar-refractivity contribution in [2.24, 2.45) is 11.8 Å². The Morgan fingerprint density at radius 1 is 1.27 bits per heavy atom. The summed E-state index contributed by atoms with van der Waals surface area (Å²) in [5.41, 5.74) is -1.07. The van der Waals surface area contributed by atoms with E-state index in [1.807, 2.05) is 29.7 Å². The van der Waals surface area contributed by atoms with E-state index in [1.54, 1.807) is 23.3 Å². The lowest BCUT2D eigenvalue weighted by molar-refractivity contribution is -0.142. The minimum Gasteiger partial charge on any atom is -0.359 e. The zero-order chi connectivity index (χ0) is 20.9. The van der Waals surface area contributed by atoms with E-state index >= 15 is 0 Å². The fourth-order valence-electron chi connectivity index (χ4n) is 5.70. The molecule has 2 N–H and O–H groups in total. The van der Waals surface area contributed by atoms with E-state index in [0.717, 1.165) is 30.6 Å². The van der Waals surface area contributed by atoms with Gasteiger partial charge in [-0.2, -0.15) is 0 Å². The van der Waals surface area contributed by atoms with Gasteiger partial charge < -0.3 is 20.3 Å². The molecule has 5 rings (SSSR count). The van der Waals surface area contributed by atoms with Gasteiger partial charge in [0.05, 0.1) is 24.5 Å². The van der Waals surface area contributed by atoms with Crippen LogP contribution in [0.3, 0.4) is 0 Å². The first-order valence-corrected chi connectivity index (χ1v) is 11.6. The number of rotatable bonds is 5. The second-order valence-corrected chi connectivity index (χ2v) is 9.74. The summed E-state index contributed by atoms with van der Waals surface area (Å²) in [6, 6.07) is 3.27. The molecule has 4 aliphatic rings. The smallest absolute Gasteiger partial charge is 0.246 e. The van der Waals surface area contributed by atoms with Crippen LogP contribution < -0.4 is 10.6 Å². The van der Waals surface area contributed by atoms with Crippen molar-refractivity contribution < 1.29 is 19.1 Å². The molecule has 1 aromatic heterocycles. The number of nitrogens with one attached hydrogen (secondary N) is 2. The lowest BCUT2D eigenvalue weighted by Gasteiger charge is -2.34. The number of hydrogen-bond donors (Lipinski definition) is 2. The highest BCUT2D eigenvalue weighted by Crippen LogP contribution is 2.55. The van der Waals surface area contributed by atoms with E-state index in [0.29, 0.717) is 6.54 Å². The Morgan fingerprint density at radius 3 is 2.77 bits per heavy atom. The zero-order valence-electron chi connectivity index (χ0n) is 17.0. The first kappa shape index (κ1) is 19.8. The molecule has 2 bridgehead atoms. The Labute approximate surface area is 179 Å². The molecule has 2 saturated heterocycles. The number of amides is 3. The highest BCUT2D eigenvalue weighted by atomic mass is 32.1. The third-order valence-electron chi connectivity index (χ3n) is 7.03. The van der Waals surface area contributed by atoms with Gasteiger partial charge >= 0.3 is 0 Å². The molecule has 5 atom stereocenters. The van der Waals surface area contributed by atoms with Crippen molar-refractivity contribution in [1.29, 1.82) is 0 Å². The molecule has 7 nitrogen and oxygen atoms in total. The Hall–Kier alpha value is -2.19. The standard InChI is InChI=1S/C22H27N3O4S/c1-23-19(26)16-15-9-10-22(29-15)17(16)21(28)25(12-14-8-5-11-30-14)18(22)20(27)24-13-6-3-2-4-7-13/h5,8-11,13,15-18H,2-4,6-7,12H2,1H3,(H,23,26)(H,24,27)/t15-,16-,17+,18-,22-/m1/s1. The van der Waals surface area contributed by atoms with Gasteiger partial charge in [0, 0.05) is 18.0 Å². The minimum atomic E-state index is -1.07. The van der Waals surface area contributed by atoms with Gasteiger partial charge in [0.2, 0.25) is 17.7 Å². The summed E-state index contributed by atoms with van der Waals surface area (Å²) >= 11 is 1.55. The summed E-state index contributed by atoms with van der Waals surface area (Å²) in [7, 11) is 1.57. The van der Waals surface area contributed by atoms with Crippen molar-refractivity contribution in [3.05, 3.63) is 34.5 Å². The highest BCUT2D eigenvalue weighted by molar-refractivity contribution is 7.09. The summed E-state index contributed by atoms with van der Waals surface area (Å²) in [4.78, 5) is 42.4. The Bertz CT molecular complexity index is 879. The van der Waals surface area contributed by atoms with E-state index in [1.165, 1.54) is 6.42 Å². The van der Waals surface area contributed by atoms with E-state index in [-0.39, 0.29) is 23.8 Å². The van der Waals surface area contributed by atoms with Gasteiger partial charge in [-0.15, -0.1) is 11.3 Å². The monoisotopic (exact) mass is 429 g/mol. The van der Waals surface area contributed by atoms with Crippen molar-refractivity contribution in [3.8, 4) is 0 Å². The summed E-state index contributed by atoms with van der Waals surface area (Å²) in [5, 5.41) is 7.82. The van der Waals surface area contributed by atoms with Crippen LogP contribution in [0.4, 0.5) is 0 Å². The van der Waals surface area contributed by atoms with Crippen molar-refractivity contribution >= 4 is 29.1 Å². The number of thiophene rings is 1. The van der Waals surface area contributed by atoms with Gasteiger partial charge in [0.15, 0.2) is 0 Å². The van der Waals surface area contributed by atoms with E-state index < -0.39 is 29.6 Å². The van der Waals surface area contributed by atoms with Gasteiger partial charge in [-0.25, -0.2) is 0 Å². The molecule has 1 aromatic rings. The molecule has 4 heterocycles.